The van der Waals surface area contributed by atoms with Gasteiger partial charge in [0.2, 0.25) is 23.6 Å². The molecule has 0 aromatic heterocycles. The number of rotatable bonds is 24. The summed E-state index contributed by atoms with van der Waals surface area (Å²) in [6, 6.07) is 6.50. The van der Waals surface area contributed by atoms with Crippen LogP contribution < -0.4 is 24.3 Å². The molecule has 2 aromatic rings. The van der Waals surface area contributed by atoms with Crippen molar-refractivity contribution in [3.05, 3.63) is 46.5 Å². The van der Waals surface area contributed by atoms with Gasteiger partial charge in [0, 0.05) is 53.5 Å². The lowest BCUT2D eigenvalue weighted by atomic mass is 9.72. The van der Waals surface area contributed by atoms with Crippen molar-refractivity contribution in [1.29, 1.82) is 0 Å². The third-order valence-electron chi connectivity index (χ3n) is 18.0. The van der Waals surface area contributed by atoms with Crippen molar-refractivity contribution in [3.63, 3.8) is 0 Å². The van der Waals surface area contributed by atoms with E-state index in [2.05, 4.69) is 60.2 Å². The quantitative estimate of drug-likeness (QED) is 0.109. The van der Waals surface area contributed by atoms with Crippen LogP contribution in [0.1, 0.15) is 135 Å². The molecule has 0 spiro atoms. The molecule has 0 radical (unpaired) electrons. The van der Waals surface area contributed by atoms with Gasteiger partial charge in [-0.15, -0.1) is 0 Å². The van der Waals surface area contributed by atoms with Gasteiger partial charge in [0.25, 0.3) is 0 Å². The van der Waals surface area contributed by atoms with Crippen LogP contribution in [-0.2, 0) is 41.5 Å². The molecule has 76 heavy (non-hydrogen) atoms. The Kier molecular flexibility index (Phi) is 21.4. The molecule has 4 amide bonds. The third kappa shape index (κ3) is 12.8. The molecular weight excluding hydrogens is 965 g/mol. The molecule has 4 heterocycles. The highest BCUT2D eigenvalue weighted by Crippen LogP contribution is 2.50. The summed E-state index contributed by atoms with van der Waals surface area (Å²) in [6.45, 7) is 19.3. The van der Waals surface area contributed by atoms with Crippen LogP contribution in [0.3, 0.4) is 0 Å². The number of likely N-dealkylation sites (tertiary alicyclic amines) is 1. The highest BCUT2D eigenvalue weighted by molar-refractivity contribution is 5.90. The maximum Gasteiger partial charge on any atom is 0.245 e. The lowest BCUT2D eigenvalue weighted by molar-refractivity contribution is -0.150. The van der Waals surface area contributed by atoms with E-state index in [1.165, 1.54) is 11.1 Å². The lowest BCUT2D eigenvalue weighted by Gasteiger charge is -2.49. The number of hydrogen-bond acceptors (Lipinski definition) is 12. The minimum absolute atomic E-state index is 0.00532. The maximum absolute atomic E-state index is 15.5. The van der Waals surface area contributed by atoms with Crippen molar-refractivity contribution in [3.8, 4) is 23.0 Å². The number of ether oxygens (including phenoxy) is 6. The van der Waals surface area contributed by atoms with Crippen molar-refractivity contribution in [1.82, 2.24) is 29.8 Å². The summed E-state index contributed by atoms with van der Waals surface area (Å²) in [5.41, 5.74) is 4.85. The number of fused-ring (bicyclic) bond motifs is 4. The van der Waals surface area contributed by atoms with Crippen molar-refractivity contribution in [2.24, 2.45) is 35.5 Å². The van der Waals surface area contributed by atoms with Gasteiger partial charge >= 0.3 is 0 Å². The molecule has 1 N–H and O–H groups in total. The van der Waals surface area contributed by atoms with E-state index < -0.39 is 36.3 Å². The number of amides is 4. The molecule has 0 aliphatic carbocycles. The number of carbonyl (C=O) groups excluding carboxylic acids is 4. The zero-order chi connectivity index (χ0) is 55.9. The predicted octanol–water partition coefficient (Wildman–Crippen LogP) is 7.83. The number of methoxy groups -OCH3 is 6. The first-order valence-corrected chi connectivity index (χ1v) is 28.4. The molecule has 12 atom stereocenters. The van der Waals surface area contributed by atoms with Crippen LogP contribution in [0.15, 0.2) is 24.3 Å². The van der Waals surface area contributed by atoms with E-state index in [1.54, 1.807) is 54.6 Å². The lowest BCUT2D eigenvalue weighted by Crippen LogP contribution is -2.59. The fourth-order valence-corrected chi connectivity index (χ4v) is 13.8. The Labute approximate surface area is 456 Å². The predicted molar refractivity (Wildman–Crippen MR) is 297 cm³/mol. The summed E-state index contributed by atoms with van der Waals surface area (Å²) in [6.07, 6.45) is 5.39. The van der Waals surface area contributed by atoms with Gasteiger partial charge in [0.15, 0.2) is 23.0 Å². The van der Waals surface area contributed by atoms with Gasteiger partial charge in [-0.2, -0.15) is 0 Å². The van der Waals surface area contributed by atoms with Gasteiger partial charge in [-0.1, -0.05) is 68.2 Å². The van der Waals surface area contributed by atoms with E-state index in [1.807, 2.05) is 58.5 Å². The molecule has 2 fully saturated rings. The summed E-state index contributed by atoms with van der Waals surface area (Å²) in [4.78, 5) is 68.9. The van der Waals surface area contributed by atoms with E-state index in [4.69, 9.17) is 28.4 Å². The fourth-order valence-electron chi connectivity index (χ4n) is 13.8. The standard InChI is InChI=1S/C60H96N6O10/c1-18-37(7)56(63(11)60(70)54(35(3)4)61-58(68)55(36(5)6)62(9)10)52(75-16)33-53(67)65-24-20-21-45(65)57(76-17)38(8)59(69)66-26-23-41-30-49(72-13)51(74-15)32-44(41)47(66)28-42-27-46-43-31-50(73-14)48(71-12)29-40(43)22-25-64(46)34-39(42)19-2/h29-32,35-39,42,45-47,52,54-57H,18-28,33-34H2,1-17H3,(H,61,68)/t37-,38+,39-,42+,45?,46?,47+,52+,54-,55-,56?,57+/m0/s1. The number of piperidine rings is 1. The van der Waals surface area contributed by atoms with Gasteiger partial charge in [0.05, 0.1) is 77.2 Å². The Morgan fingerprint density at radius 2 is 1.32 bits per heavy atom. The summed E-state index contributed by atoms with van der Waals surface area (Å²) >= 11 is 0. The van der Waals surface area contributed by atoms with Crippen molar-refractivity contribution in [2.45, 2.75) is 162 Å². The van der Waals surface area contributed by atoms with Gasteiger partial charge in [0.1, 0.15) is 6.04 Å². The van der Waals surface area contributed by atoms with E-state index in [0.29, 0.717) is 49.3 Å². The number of hydrogen-bond donors (Lipinski definition) is 1. The van der Waals surface area contributed by atoms with Crippen LogP contribution in [0.5, 0.6) is 23.0 Å². The van der Waals surface area contributed by atoms with Crippen LogP contribution in [-0.4, -0.2) is 174 Å². The van der Waals surface area contributed by atoms with E-state index in [-0.39, 0.29) is 65.9 Å². The van der Waals surface area contributed by atoms with Crippen LogP contribution in [0.25, 0.3) is 0 Å². The van der Waals surface area contributed by atoms with E-state index in [0.717, 1.165) is 74.2 Å². The normalized spacial score (nSPS) is 23.4. The average Bonchev–Trinajstić information content (AvgIpc) is 3.92. The molecule has 3 unspecified atom stereocenters. The average molecular weight is 1060 g/mol. The highest BCUT2D eigenvalue weighted by Gasteiger charge is 2.47. The minimum atomic E-state index is -0.772. The fraction of sp³-hybridized carbons (Fsp3) is 0.733. The summed E-state index contributed by atoms with van der Waals surface area (Å²) < 4.78 is 35.9. The number of likely N-dealkylation sites (N-methyl/N-ethyl adjacent to an activating group) is 2. The first kappa shape index (κ1) is 60.6. The molecular formula is C60H96N6O10. The number of benzene rings is 2. The first-order valence-electron chi connectivity index (χ1n) is 28.4. The molecule has 16 heteroatoms. The Bertz CT molecular complexity index is 2280. The SMILES string of the molecule is CC[C@H]1CN2CCc3cc(OC)c(OC)cc3C2C[C@@H]1C[C@@H]1c2cc(OC)c(OC)cc2CCN1C(=O)[C@H](C)[C@@H](OC)C1CCCN1C(=O)C[C@@H](OC)C([C@@H](C)CC)N(C)C(=O)[C@@H](NC(=O)[C@H](C(C)C)N(C)C)C(C)C. The third-order valence-corrected chi connectivity index (χ3v) is 18.0. The van der Waals surface area contributed by atoms with E-state index in [9.17, 15) is 14.4 Å². The second-order valence-electron chi connectivity index (χ2n) is 23.2. The Morgan fingerprint density at radius 1 is 0.724 bits per heavy atom. The summed E-state index contributed by atoms with van der Waals surface area (Å²) in [5, 5.41) is 3.09. The molecule has 4 aliphatic rings. The smallest absolute Gasteiger partial charge is 0.245 e. The summed E-state index contributed by atoms with van der Waals surface area (Å²) in [5.74, 6) is 2.27. The zero-order valence-corrected chi connectivity index (χ0v) is 49.4. The first-order chi connectivity index (χ1) is 36.2. The topological polar surface area (TPSA) is 152 Å². The second-order valence-corrected chi connectivity index (χ2v) is 23.2. The monoisotopic (exact) mass is 1060 g/mol. The molecule has 16 nitrogen and oxygen atoms in total. The minimum Gasteiger partial charge on any atom is -0.493 e. The van der Waals surface area contributed by atoms with Crippen LogP contribution in [0, 0.1) is 35.5 Å². The molecule has 2 saturated heterocycles. The number of nitrogens with one attached hydrogen (secondary N) is 1. The van der Waals surface area contributed by atoms with Crippen LogP contribution >= 0.6 is 0 Å². The maximum atomic E-state index is 15.5. The Morgan fingerprint density at radius 3 is 1.86 bits per heavy atom. The largest absolute Gasteiger partial charge is 0.493 e. The molecule has 0 bridgehead atoms. The number of carbonyl (C=O) groups is 4. The summed E-state index contributed by atoms with van der Waals surface area (Å²) in [7, 11) is 15.5. The number of nitrogens with zero attached hydrogens (tertiary/aromatic N) is 5. The Balaban J connectivity index is 1.26. The van der Waals surface area contributed by atoms with Gasteiger partial charge < -0.3 is 48.4 Å². The molecule has 6 rings (SSSR count). The van der Waals surface area contributed by atoms with Crippen LogP contribution in [0.2, 0.25) is 0 Å². The van der Waals surface area contributed by atoms with Crippen molar-refractivity contribution >= 4 is 23.6 Å². The van der Waals surface area contributed by atoms with Crippen LogP contribution in [0.4, 0.5) is 0 Å². The van der Waals surface area contributed by atoms with Gasteiger partial charge in [-0.05, 0) is 129 Å². The second kappa shape index (κ2) is 26.8. The highest BCUT2D eigenvalue weighted by atomic mass is 16.5. The molecule has 4 aliphatic heterocycles. The molecule has 426 valence electrons. The van der Waals surface area contributed by atoms with Crippen molar-refractivity contribution < 1.29 is 47.6 Å². The van der Waals surface area contributed by atoms with E-state index >= 15 is 4.79 Å². The van der Waals surface area contributed by atoms with Gasteiger partial charge in [-0.3, -0.25) is 29.0 Å². The molecule has 0 saturated carbocycles. The Hall–Kier alpha value is -4.64. The molecule has 2 aromatic carbocycles. The van der Waals surface area contributed by atoms with Crippen molar-refractivity contribution in [2.75, 3.05) is 90.0 Å². The van der Waals surface area contributed by atoms with Gasteiger partial charge in [-0.25, -0.2) is 0 Å². The zero-order valence-electron chi connectivity index (χ0n) is 49.4.